The summed E-state index contributed by atoms with van der Waals surface area (Å²) in [6.07, 6.45) is 0. The van der Waals surface area contributed by atoms with Gasteiger partial charge in [0.05, 0.1) is 8.95 Å². The Morgan fingerprint density at radius 2 is 1.14 bits per heavy atom. The van der Waals surface area contributed by atoms with Crippen molar-refractivity contribution in [1.82, 2.24) is 9.97 Å². The van der Waals surface area contributed by atoms with Gasteiger partial charge >= 0.3 is 0 Å². The maximum atomic E-state index is 6.01. The third-order valence-corrected chi connectivity index (χ3v) is 5.71. The van der Waals surface area contributed by atoms with E-state index in [4.69, 9.17) is 8.83 Å². The molecule has 0 saturated carbocycles. The lowest BCUT2D eigenvalue weighted by Crippen LogP contribution is -1.81. The third-order valence-electron chi connectivity index (χ3n) is 4.53. The fourth-order valence-electron chi connectivity index (χ4n) is 3.28. The van der Waals surface area contributed by atoms with Crippen LogP contribution in [-0.2, 0) is 0 Å². The summed E-state index contributed by atoms with van der Waals surface area (Å²) in [5, 5.41) is 0. The number of benzene rings is 3. The van der Waals surface area contributed by atoms with Gasteiger partial charge < -0.3 is 8.83 Å². The summed E-state index contributed by atoms with van der Waals surface area (Å²) in [6.45, 7) is 4.07. The molecule has 5 rings (SSSR count). The molecule has 0 aliphatic heterocycles. The van der Waals surface area contributed by atoms with Gasteiger partial charge in [-0.3, -0.25) is 0 Å². The molecule has 5 aromatic rings. The number of aromatic nitrogens is 2. The molecular weight excluding hydrogens is 484 g/mol. The number of fused-ring (bicyclic) bond motifs is 2. The standard InChI is InChI=1S/C22H14Br2N2O2/c1-11-6-15(23)19-17(8-11)25-21(27-19)13-4-3-5-14(10-13)22-26-18-9-12(2)7-16(24)20(18)28-22/h3-10H,1-2H3. The third kappa shape index (κ3) is 2.97. The Kier molecular flexibility index (Phi) is 4.14. The second-order valence-corrected chi connectivity index (χ2v) is 8.52. The normalized spacial score (nSPS) is 11.6. The van der Waals surface area contributed by atoms with E-state index in [0.717, 1.165) is 53.4 Å². The van der Waals surface area contributed by atoms with E-state index in [9.17, 15) is 0 Å². The van der Waals surface area contributed by atoms with E-state index in [1.54, 1.807) is 0 Å². The van der Waals surface area contributed by atoms with Crippen LogP contribution in [0.3, 0.4) is 0 Å². The monoisotopic (exact) mass is 496 g/mol. The first-order chi connectivity index (χ1) is 13.5. The van der Waals surface area contributed by atoms with Crippen LogP contribution in [0.5, 0.6) is 0 Å². The maximum Gasteiger partial charge on any atom is 0.227 e. The molecule has 3 aromatic carbocycles. The molecule has 4 nitrogen and oxygen atoms in total. The van der Waals surface area contributed by atoms with Crippen molar-refractivity contribution in [3.05, 3.63) is 68.6 Å². The molecule has 2 heterocycles. The van der Waals surface area contributed by atoms with Crippen molar-refractivity contribution in [2.45, 2.75) is 13.8 Å². The molecular formula is C22H14Br2N2O2. The molecule has 0 aliphatic carbocycles. The minimum absolute atomic E-state index is 0.566. The molecule has 0 N–H and O–H groups in total. The zero-order valence-electron chi connectivity index (χ0n) is 15.1. The van der Waals surface area contributed by atoms with Crippen molar-refractivity contribution in [1.29, 1.82) is 0 Å². The predicted molar refractivity (Wildman–Crippen MR) is 117 cm³/mol. The van der Waals surface area contributed by atoms with E-state index in [0.29, 0.717) is 11.8 Å². The number of rotatable bonds is 2. The average molecular weight is 498 g/mol. The highest BCUT2D eigenvalue weighted by Crippen LogP contribution is 2.34. The van der Waals surface area contributed by atoms with E-state index in [1.165, 1.54) is 0 Å². The van der Waals surface area contributed by atoms with Gasteiger partial charge in [0.1, 0.15) is 11.0 Å². The molecule has 0 aliphatic rings. The van der Waals surface area contributed by atoms with Gasteiger partial charge in [0.25, 0.3) is 0 Å². The lowest BCUT2D eigenvalue weighted by atomic mass is 10.1. The fourth-order valence-corrected chi connectivity index (χ4v) is 4.57. The Morgan fingerprint density at radius 3 is 1.61 bits per heavy atom. The second-order valence-electron chi connectivity index (χ2n) is 6.81. The minimum atomic E-state index is 0.566. The Hall–Kier alpha value is -2.44. The Balaban J connectivity index is 1.62. The number of halogens is 2. The molecule has 28 heavy (non-hydrogen) atoms. The number of nitrogens with zero attached hydrogens (tertiary/aromatic N) is 2. The number of hydrogen-bond donors (Lipinski definition) is 0. The molecule has 0 fully saturated rings. The quantitative estimate of drug-likeness (QED) is 0.254. The highest BCUT2D eigenvalue weighted by Gasteiger charge is 2.15. The van der Waals surface area contributed by atoms with Crippen LogP contribution in [-0.4, -0.2) is 9.97 Å². The molecule has 0 bridgehead atoms. The lowest BCUT2D eigenvalue weighted by Gasteiger charge is -1.99. The predicted octanol–water partition coefficient (Wildman–Crippen LogP) is 7.44. The molecule has 0 atom stereocenters. The molecule has 0 amide bonds. The highest BCUT2D eigenvalue weighted by molar-refractivity contribution is 9.11. The minimum Gasteiger partial charge on any atom is -0.435 e. The van der Waals surface area contributed by atoms with Crippen molar-refractivity contribution in [3.8, 4) is 22.9 Å². The van der Waals surface area contributed by atoms with E-state index in [-0.39, 0.29) is 0 Å². The van der Waals surface area contributed by atoms with Crippen LogP contribution in [0.4, 0.5) is 0 Å². The first-order valence-electron chi connectivity index (χ1n) is 8.72. The van der Waals surface area contributed by atoms with Gasteiger partial charge in [-0.25, -0.2) is 9.97 Å². The van der Waals surface area contributed by atoms with Gasteiger partial charge in [0, 0.05) is 11.1 Å². The first-order valence-corrected chi connectivity index (χ1v) is 10.3. The van der Waals surface area contributed by atoms with Gasteiger partial charge in [0.2, 0.25) is 11.8 Å². The topological polar surface area (TPSA) is 52.1 Å². The summed E-state index contributed by atoms with van der Waals surface area (Å²) < 4.78 is 13.8. The number of oxazole rings is 2. The SMILES string of the molecule is Cc1cc(Br)c2oc(-c3cccc(-c4nc5cc(C)cc(Br)c5o4)c3)nc2c1. The van der Waals surface area contributed by atoms with E-state index in [1.807, 2.05) is 62.4 Å². The van der Waals surface area contributed by atoms with Crippen LogP contribution in [0.2, 0.25) is 0 Å². The van der Waals surface area contributed by atoms with Gasteiger partial charge in [-0.2, -0.15) is 0 Å². The average Bonchev–Trinajstić information content (AvgIpc) is 3.26. The van der Waals surface area contributed by atoms with Gasteiger partial charge in [-0.1, -0.05) is 6.07 Å². The number of hydrogen-bond acceptors (Lipinski definition) is 4. The van der Waals surface area contributed by atoms with E-state index >= 15 is 0 Å². The summed E-state index contributed by atoms with van der Waals surface area (Å²) in [5.74, 6) is 1.13. The second kappa shape index (κ2) is 6.57. The molecule has 0 radical (unpaired) electrons. The zero-order valence-corrected chi connectivity index (χ0v) is 18.3. The Morgan fingerprint density at radius 1 is 0.679 bits per heavy atom. The number of aryl methyl sites for hydroxylation is 2. The fraction of sp³-hybridized carbons (Fsp3) is 0.0909. The van der Waals surface area contributed by atoms with Crippen LogP contribution in [0.1, 0.15) is 11.1 Å². The van der Waals surface area contributed by atoms with Crippen LogP contribution < -0.4 is 0 Å². The molecule has 0 unspecified atom stereocenters. The summed E-state index contributed by atoms with van der Waals surface area (Å²) in [4.78, 5) is 9.31. The van der Waals surface area contributed by atoms with Crippen molar-refractivity contribution in [2.75, 3.05) is 0 Å². The highest BCUT2D eigenvalue weighted by atomic mass is 79.9. The zero-order chi connectivity index (χ0) is 19.4. The molecule has 0 saturated heterocycles. The van der Waals surface area contributed by atoms with Gasteiger partial charge in [-0.05, 0) is 99.3 Å². The Labute approximate surface area is 177 Å². The first kappa shape index (κ1) is 17.6. The molecule has 138 valence electrons. The van der Waals surface area contributed by atoms with E-state index < -0.39 is 0 Å². The van der Waals surface area contributed by atoms with E-state index in [2.05, 4.69) is 41.8 Å². The summed E-state index contributed by atoms with van der Waals surface area (Å²) >= 11 is 7.11. The summed E-state index contributed by atoms with van der Waals surface area (Å²) in [7, 11) is 0. The van der Waals surface area contributed by atoms with Crippen LogP contribution in [0.15, 0.2) is 66.3 Å². The smallest absolute Gasteiger partial charge is 0.227 e. The largest absolute Gasteiger partial charge is 0.435 e. The van der Waals surface area contributed by atoms with Crippen molar-refractivity contribution >= 4 is 54.1 Å². The molecule has 0 spiro atoms. The van der Waals surface area contributed by atoms with Crippen LogP contribution >= 0.6 is 31.9 Å². The summed E-state index contributed by atoms with van der Waals surface area (Å²) in [6, 6.07) is 15.9. The summed E-state index contributed by atoms with van der Waals surface area (Å²) in [5.41, 5.74) is 7.13. The lowest BCUT2D eigenvalue weighted by molar-refractivity contribution is 0.615. The Bertz CT molecular complexity index is 1270. The van der Waals surface area contributed by atoms with Crippen molar-refractivity contribution in [2.24, 2.45) is 0 Å². The maximum absolute atomic E-state index is 6.01. The molecule has 6 heteroatoms. The van der Waals surface area contributed by atoms with Crippen LogP contribution in [0, 0.1) is 13.8 Å². The van der Waals surface area contributed by atoms with Crippen LogP contribution in [0.25, 0.3) is 45.1 Å². The van der Waals surface area contributed by atoms with Crippen molar-refractivity contribution in [3.63, 3.8) is 0 Å². The van der Waals surface area contributed by atoms with Gasteiger partial charge in [0.15, 0.2) is 11.2 Å². The van der Waals surface area contributed by atoms with Gasteiger partial charge in [-0.15, -0.1) is 0 Å². The molecule has 2 aromatic heterocycles. The van der Waals surface area contributed by atoms with Crippen molar-refractivity contribution < 1.29 is 8.83 Å².